The highest BCUT2D eigenvalue weighted by Gasteiger charge is 2.30. The van der Waals surface area contributed by atoms with E-state index in [9.17, 15) is 0 Å². The molecule has 6 heteroatoms. The van der Waals surface area contributed by atoms with Gasteiger partial charge in [0.2, 0.25) is 0 Å². The van der Waals surface area contributed by atoms with E-state index in [2.05, 4.69) is 95.2 Å². The van der Waals surface area contributed by atoms with Crippen molar-refractivity contribution < 1.29 is 18.2 Å². The molecule has 0 saturated heterocycles. The van der Waals surface area contributed by atoms with Crippen LogP contribution in [0.3, 0.4) is 0 Å². The van der Waals surface area contributed by atoms with Gasteiger partial charge in [0, 0.05) is 43.4 Å². The maximum atomic E-state index is 6.77. The summed E-state index contributed by atoms with van der Waals surface area (Å²) in [6.45, 7) is 0. The third kappa shape index (κ3) is 4.36. The summed E-state index contributed by atoms with van der Waals surface area (Å²) in [5, 5.41) is 10.1. The number of nitrogens with one attached hydrogen (secondary N) is 2. The van der Waals surface area contributed by atoms with Crippen molar-refractivity contribution >= 4 is 77.5 Å². The SMILES string of the molecule is c1ccc(C2=NC(c3cccc4c3oc3cc(-c5cccc6oc7ccccc7c56)ccc34)=[NH+]C(c3ccc4oc5ccccc5c4c3)N2)cc1. The summed E-state index contributed by atoms with van der Waals surface area (Å²) in [6, 6.07) is 51.9. The smallest absolute Gasteiger partial charge is 0.331 e. The maximum absolute atomic E-state index is 6.77. The Bertz CT molecular complexity index is 3070. The lowest BCUT2D eigenvalue weighted by Crippen LogP contribution is -2.80. The zero-order valence-corrected chi connectivity index (χ0v) is 27.2. The fraction of sp³-hybridized carbons (Fsp3) is 0.0222. The Morgan fingerprint density at radius 3 is 2.06 bits per heavy atom. The molecule has 51 heavy (non-hydrogen) atoms. The number of para-hydroxylation sites is 3. The molecule has 11 rings (SSSR count). The molecule has 0 saturated carbocycles. The number of aliphatic imine (C=N–C) groups is 1. The van der Waals surface area contributed by atoms with Crippen LogP contribution in [0.2, 0.25) is 0 Å². The molecule has 0 radical (unpaired) electrons. The van der Waals surface area contributed by atoms with E-state index < -0.39 is 0 Å². The van der Waals surface area contributed by atoms with Gasteiger partial charge in [-0.3, -0.25) is 0 Å². The number of hydrogen-bond acceptors (Lipinski definition) is 5. The van der Waals surface area contributed by atoms with E-state index in [1.165, 1.54) is 0 Å². The predicted molar refractivity (Wildman–Crippen MR) is 204 cm³/mol. The first-order valence-corrected chi connectivity index (χ1v) is 17.1. The molecule has 2 N–H and O–H groups in total. The highest BCUT2D eigenvalue weighted by atomic mass is 16.3. The van der Waals surface area contributed by atoms with Crippen molar-refractivity contribution in [1.29, 1.82) is 0 Å². The lowest BCUT2D eigenvalue weighted by Gasteiger charge is -2.18. The van der Waals surface area contributed by atoms with Gasteiger partial charge in [-0.2, -0.15) is 0 Å². The standard InChI is InChI=1S/C45H27N3O3/c1-2-10-26(11-3-1)43-46-44(28-21-23-38-35(24-28)30-12-4-6-17-36(30)49-38)48-45(47-43)34-16-8-15-32-31-22-20-27(25-40(31)51-42(32)34)29-14-9-19-39-41(29)33-13-5-7-18-37(33)50-39/h1-25,44H,(H,46,47,48)/p+1. The van der Waals surface area contributed by atoms with Gasteiger partial charge in [-0.1, -0.05) is 84.9 Å². The minimum absolute atomic E-state index is 0.262. The number of amidine groups is 2. The van der Waals surface area contributed by atoms with Crippen molar-refractivity contribution in [2.75, 3.05) is 0 Å². The number of benzene rings is 7. The van der Waals surface area contributed by atoms with E-state index in [0.29, 0.717) is 0 Å². The average Bonchev–Trinajstić information content (AvgIpc) is 3.88. The maximum Gasteiger partial charge on any atom is 0.331 e. The van der Waals surface area contributed by atoms with Crippen LogP contribution in [-0.4, -0.2) is 11.7 Å². The van der Waals surface area contributed by atoms with Crippen LogP contribution in [0.4, 0.5) is 0 Å². The molecule has 0 aliphatic carbocycles. The number of fused-ring (bicyclic) bond motifs is 9. The molecule has 1 aliphatic rings. The zero-order chi connectivity index (χ0) is 33.5. The minimum Gasteiger partial charge on any atom is -0.456 e. The molecular formula is C45H28N3O3+. The highest BCUT2D eigenvalue weighted by molar-refractivity contribution is 6.18. The summed E-state index contributed by atoms with van der Waals surface area (Å²) < 4.78 is 19.1. The van der Waals surface area contributed by atoms with Crippen molar-refractivity contribution in [3.63, 3.8) is 0 Å². The van der Waals surface area contributed by atoms with Crippen molar-refractivity contribution in [2.24, 2.45) is 4.99 Å². The summed E-state index contributed by atoms with van der Waals surface area (Å²) in [7, 11) is 0. The Balaban J connectivity index is 1.07. The first kappa shape index (κ1) is 28.0. The van der Waals surface area contributed by atoms with Gasteiger partial charge in [0.05, 0.1) is 0 Å². The Labute approximate surface area is 291 Å². The quantitative estimate of drug-likeness (QED) is 0.197. The highest BCUT2D eigenvalue weighted by Crippen LogP contribution is 2.39. The van der Waals surface area contributed by atoms with Crippen LogP contribution in [0.5, 0.6) is 0 Å². The first-order valence-electron chi connectivity index (χ1n) is 17.1. The second-order valence-electron chi connectivity index (χ2n) is 13.0. The van der Waals surface area contributed by atoms with Crippen molar-refractivity contribution in [1.82, 2.24) is 5.32 Å². The fourth-order valence-electron chi connectivity index (χ4n) is 7.63. The van der Waals surface area contributed by atoms with E-state index in [4.69, 9.17) is 18.2 Å². The third-order valence-electron chi connectivity index (χ3n) is 10.0. The fourth-order valence-corrected chi connectivity index (χ4v) is 7.63. The summed E-state index contributed by atoms with van der Waals surface area (Å²) in [5.41, 5.74) is 10.2. The largest absolute Gasteiger partial charge is 0.456 e. The first-order chi connectivity index (χ1) is 25.2. The molecule has 1 atom stereocenters. The number of rotatable bonds is 4. The van der Waals surface area contributed by atoms with Crippen LogP contribution < -0.4 is 10.3 Å². The molecule has 10 aromatic rings. The molecule has 0 fully saturated rings. The Kier molecular flexibility index (Phi) is 5.92. The average molecular weight is 659 g/mol. The van der Waals surface area contributed by atoms with E-state index in [1.54, 1.807) is 0 Å². The van der Waals surface area contributed by atoms with Gasteiger partial charge in [-0.25, -0.2) is 4.99 Å². The molecule has 240 valence electrons. The summed E-state index contributed by atoms with van der Waals surface area (Å²) in [5.74, 6) is 1.51. The second-order valence-corrected chi connectivity index (χ2v) is 13.0. The van der Waals surface area contributed by atoms with E-state index in [0.717, 1.165) is 105 Å². The van der Waals surface area contributed by atoms with Gasteiger partial charge < -0.3 is 18.6 Å². The van der Waals surface area contributed by atoms with E-state index in [1.807, 2.05) is 66.7 Å². The van der Waals surface area contributed by atoms with Gasteiger partial charge >= 0.3 is 5.84 Å². The Morgan fingerprint density at radius 2 is 1.16 bits per heavy atom. The Morgan fingerprint density at radius 1 is 0.471 bits per heavy atom. The lowest BCUT2D eigenvalue weighted by atomic mass is 9.98. The van der Waals surface area contributed by atoms with Gasteiger partial charge in [0.25, 0.3) is 5.84 Å². The van der Waals surface area contributed by atoms with Crippen LogP contribution >= 0.6 is 0 Å². The topological polar surface area (TPSA) is 77.8 Å². The third-order valence-corrected chi connectivity index (χ3v) is 10.0. The van der Waals surface area contributed by atoms with Crippen molar-refractivity contribution in [2.45, 2.75) is 6.17 Å². The lowest BCUT2D eigenvalue weighted by molar-refractivity contribution is -0.516. The molecule has 0 amide bonds. The monoisotopic (exact) mass is 658 g/mol. The minimum atomic E-state index is -0.262. The van der Waals surface area contributed by atoms with Crippen molar-refractivity contribution in [3.05, 3.63) is 168 Å². The predicted octanol–water partition coefficient (Wildman–Crippen LogP) is 9.63. The molecule has 1 aliphatic heterocycles. The number of nitrogens with zero attached hydrogens (tertiary/aromatic N) is 1. The number of hydrogen-bond donors (Lipinski definition) is 2. The Hall–Kier alpha value is -6.92. The molecular weight excluding hydrogens is 631 g/mol. The van der Waals surface area contributed by atoms with Crippen LogP contribution in [-0.2, 0) is 0 Å². The van der Waals surface area contributed by atoms with Gasteiger partial charge in [0.15, 0.2) is 11.7 Å². The molecule has 6 nitrogen and oxygen atoms in total. The molecule has 0 spiro atoms. The normalized spacial score (nSPS) is 14.9. The summed E-state index contributed by atoms with van der Waals surface area (Å²) >= 11 is 0. The summed E-state index contributed by atoms with van der Waals surface area (Å²) in [4.78, 5) is 8.88. The second kappa shape index (κ2) is 10.8. The van der Waals surface area contributed by atoms with E-state index in [-0.39, 0.29) is 6.17 Å². The molecule has 1 unspecified atom stereocenters. The molecule has 0 bridgehead atoms. The molecule has 7 aromatic carbocycles. The van der Waals surface area contributed by atoms with Gasteiger partial charge in [-0.15, -0.1) is 0 Å². The van der Waals surface area contributed by atoms with Gasteiger partial charge in [0.1, 0.15) is 33.5 Å². The summed E-state index contributed by atoms with van der Waals surface area (Å²) in [6.07, 6.45) is -0.262. The van der Waals surface area contributed by atoms with Gasteiger partial charge in [-0.05, 0) is 82.8 Å². The molecule has 4 heterocycles. The zero-order valence-electron chi connectivity index (χ0n) is 27.2. The van der Waals surface area contributed by atoms with E-state index >= 15 is 0 Å². The van der Waals surface area contributed by atoms with Crippen LogP contribution in [0.25, 0.3) is 76.9 Å². The van der Waals surface area contributed by atoms with Crippen LogP contribution in [0, 0.1) is 0 Å². The van der Waals surface area contributed by atoms with Crippen molar-refractivity contribution in [3.8, 4) is 11.1 Å². The van der Waals surface area contributed by atoms with Crippen LogP contribution in [0.1, 0.15) is 22.9 Å². The molecule has 3 aromatic heterocycles. The number of furan rings is 3. The van der Waals surface area contributed by atoms with Crippen LogP contribution in [0.15, 0.2) is 170 Å².